The molecule has 2 aromatic rings. The molecule has 0 amide bonds. The van der Waals surface area contributed by atoms with E-state index in [4.69, 9.17) is 26.8 Å². The SMILES string of the molecule is COc1ccc(C(CN)Nc2ccccc2OC)cc1Cl. The Morgan fingerprint density at radius 2 is 1.81 bits per heavy atom. The van der Waals surface area contributed by atoms with Gasteiger partial charge in [0, 0.05) is 6.54 Å². The molecule has 0 heterocycles. The normalized spacial score (nSPS) is 11.8. The maximum absolute atomic E-state index is 6.17. The number of halogens is 1. The summed E-state index contributed by atoms with van der Waals surface area (Å²) < 4.78 is 10.5. The van der Waals surface area contributed by atoms with Crippen molar-refractivity contribution in [2.45, 2.75) is 6.04 Å². The van der Waals surface area contributed by atoms with Gasteiger partial charge in [-0.1, -0.05) is 29.8 Å². The zero-order valence-electron chi connectivity index (χ0n) is 12.1. The van der Waals surface area contributed by atoms with E-state index in [0.29, 0.717) is 17.3 Å². The Kier molecular flexibility index (Phi) is 5.31. The number of anilines is 1. The molecule has 1 atom stereocenters. The molecule has 5 heteroatoms. The minimum Gasteiger partial charge on any atom is -0.495 e. The lowest BCUT2D eigenvalue weighted by molar-refractivity contribution is 0.414. The number of benzene rings is 2. The lowest BCUT2D eigenvalue weighted by atomic mass is 10.1. The summed E-state index contributed by atoms with van der Waals surface area (Å²) in [5, 5.41) is 3.94. The van der Waals surface area contributed by atoms with Gasteiger partial charge in [-0.25, -0.2) is 0 Å². The van der Waals surface area contributed by atoms with Crippen LogP contribution in [0.5, 0.6) is 11.5 Å². The highest BCUT2D eigenvalue weighted by molar-refractivity contribution is 6.32. The van der Waals surface area contributed by atoms with Crippen LogP contribution in [0.1, 0.15) is 11.6 Å². The van der Waals surface area contributed by atoms with Crippen molar-refractivity contribution in [3.05, 3.63) is 53.1 Å². The molecule has 0 fully saturated rings. The summed E-state index contributed by atoms with van der Waals surface area (Å²) in [6.07, 6.45) is 0. The van der Waals surface area contributed by atoms with E-state index in [1.54, 1.807) is 14.2 Å². The Morgan fingerprint density at radius 1 is 1.10 bits per heavy atom. The van der Waals surface area contributed by atoms with Crippen LogP contribution in [0.15, 0.2) is 42.5 Å². The summed E-state index contributed by atoms with van der Waals surface area (Å²) in [5.74, 6) is 1.42. The van der Waals surface area contributed by atoms with Crippen molar-refractivity contribution >= 4 is 17.3 Å². The van der Waals surface area contributed by atoms with Crippen molar-refractivity contribution < 1.29 is 9.47 Å². The molecule has 0 aromatic heterocycles. The molecule has 0 spiro atoms. The molecule has 0 aliphatic heterocycles. The van der Waals surface area contributed by atoms with Crippen molar-refractivity contribution in [1.29, 1.82) is 0 Å². The molecule has 2 aromatic carbocycles. The smallest absolute Gasteiger partial charge is 0.141 e. The third kappa shape index (κ3) is 3.60. The second kappa shape index (κ2) is 7.20. The van der Waals surface area contributed by atoms with Gasteiger partial charge in [-0.05, 0) is 29.8 Å². The van der Waals surface area contributed by atoms with Gasteiger partial charge in [-0.3, -0.25) is 0 Å². The van der Waals surface area contributed by atoms with E-state index < -0.39 is 0 Å². The van der Waals surface area contributed by atoms with Crippen molar-refractivity contribution in [3.63, 3.8) is 0 Å². The van der Waals surface area contributed by atoms with Crippen LogP contribution >= 0.6 is 11.6 Å². The second-order valence-corrected chi connectivity index (χ2v) is 4.93. The zero-order valence-corrected chi connectivity index (χ0v) is 12.9. The van der Waals surface area contributed by atoms with Gasteiger partial charge >= 0.3 is 0 Å². The summed E-state index contributed by atoms with van der Waals surface area (Å²) in [7, 11) is 3.23. The number of nitrogens with one attached hydrogen (secondary N) is 1. The molecule has 1 unspecified atom stereocenters. The maximum atomic E-state index is 6.17. The summed E-state index contributed by atoms with van der Waals surface area (Å²) in [6.45, 7) is 0.431. The highest BCUT2D eigenvalue weighted by Crippen LogP contribution is 2.31. The first-order valence-corrected chi connectivity index (χ1v) is 7.00. The molecular weight excluding hydrogens is 288 g/mol. The Balaban J connectivity index is 2.25. The predicted molar refractivity (Wildman–Crippen MR) is 86.4 cm³/mol. The Morgan fingerprint density at radius 3 is 2.43 bits per heavy atom. The number of nitrogens with two attached hydrogens (primary N) is 1. The van der Waals surface area contributed by atoms with Crippen LogP contribution in [-0.2, 0) is 0 Å². The van der Waals surface area contributed by atoms with Crippen molar-refractivity contribution in [1.82, 2.24) is 0 Å². The Bertz CT molecular complexity index is 605. The van der Waals surface area contributed by atoms with Crippen molar-refractivity contribution in [3.8, 4) is 11.5 Å². The molecule has 0 aliphatic carbocycles. The molecular formula is C16H19ClN2O2. The fourth-order valence-electron chi connectivity index (χ4n) is 2.13. The van der Waals surface area contributed by atoms with E-state index in [-0.39, 0.29) is 6.04 Å². The summed E-state index contributed by atoms with van der Waals surface area (Å²) in [6, 6.07) is 13.3. The molecule has 0 aliphatic rings. The first-order valence-electron chi connectivity index (χ1n) is 6.62. The largest absolute Gasteiger partial charge is 0.495 e. The van der Waals surface area contributed by atoms with Crippen LogP contribution in [-0.4, -0.2) is 20.8 Å². The molecule has 0 saturated heterocycles. The lowest BCUT2D eigenvalue weighted by Gasteiger charge is -2.21. The van der Waals surface area contributed by atoms with E-state index in [1.807, 2.05) is 42.5 Å². The second-order valence-electron chi connectivity index (χ2n) is 4.53. The van der Waals surface area contributed by atoms with E-state index in [9.17, 15) is 0 Å². The van der Waals surface area contributed by atoms with Gasteiger partial charge in [0.25, 0.3) is 0 Å². The molecule has 0 radical (unpaired) electrons. The highest BCUT2D eigenvalue weighted by Gasteiger charge is 2.13. The molecule has 4 nitrogen and oxygen atoms in total. The number of hydrogen-bond acceptors (Lipinski definition) is 4. The van der Waals surface area contributed by atoms with Crippen LogP contribution < -0.4 is 20.5 Å². The monoisotopic (exact) mass is 306 g/mol. The van der Waals surface area contributed by atoms with Gasteiger partial charge < -0.3 is 20.5 Å². The predicted octanol–water partition coefficient (Wildman–Crippen LogP) is 3.47. The molecule has 2 rings (SSSR count). The van der Waals surface area contributed by atoms with Gasteiger partial charge in [-0.15, -0.1) is 0 Å². The lowest BCUT2D eigenvalue weighted by Crippen LogP contribution is -2.20. The quantitative estimate of drug-likeness (QED) is 0.858. The Hall–Kier alpha value is -1.91. The zero-order chi connectivity index (χ0) is 15.2. The third-order valence-corrected chi connectivity index (χ3v) is 3.55. The standard InChI is InChI=1S/C16H19ClN2O2/c1-20-15-8-7-11(9-12(15)17)14(10-18)19-13-5-3-4-6-16(13)21-2/h3-9,14,19H,10,18H2,1-2H3. The number of para-hydroxylation sites is 2. The third-order valence-electron chi connectivity index (χ3n) is 3.25. The average molecular weight is 307 g/mol. The minimum atomic E-state index is -0.0651. The molecule has 112 valence electrons. The van der Waals surface area contributed by atoms with Crippen LogP contribution in [0.2, 0.25) is 5.02 Å². The van der Waals surface area contributed by atoms with Crippen LogP contribution in [0.25, 0.3) is 0 Å². The van der Waals surface area contributed by atoms with E-state index in [0.717, 1.165) is 17.0 Å². The number of ether oxygens (including phenoxy) is 2. The molecule has 0 bridgehead atoms. The molecule has 21 heavy (non-hydrogen) atoms. The summed E-state index contributed by atoms with van der Waals surface area (Å²) in [4.78, 5) is 0. The van der Waals surface area contributed by atoms with Gasteiger partial charge in [0.1, 0.15) is 11.5 Å². The van der Waals surface area contributed by atoms with Crippen LogP contribution in [0, 0.1) is 0 Å². The number of hydrogen-bond donors (Lipinski definition) is 2. The minimum absolute atomic E-state index is 0.0651. The van der Waals surface area contributed by atoms with Crippen LogP contribution in [0.4, 0.5) is 5.69 Å². The fourth-order valence-corrected chi connectivity index (χ4v) is 2.40. The molecule has 0 saturated carbocycles. The van der Waals surface area contributed by atoms with Gasteiger partial charge in [-0.2, -0.15) is 0 Å². The Labute approximate surface area is 129 Å². The maximum Gasteiger partial charge on any atom is 0.141 e. The fraction of sp³-hybridized carbons (Fsp3) is 0.250. The van der Waals surface area contributed by atoms with E-state index in [1.165, 1.54) is 0 Å². The first-order chi connectivity index (χ1) is 10.2. The number of rotatable bonds is 6. The summed E-state index contributed by atoms with van der Waals surface area (Å²) >= 11 is 6.17. The van der Waals surface area contributed by atoms with Crippen molar-refractivity contribution in [2.75, 3.05) is 26.1 Å². The topological polar surface area (TPSA) is 56.5 Å². The average Bonchev–Trinajstić information content (AvgIpc) is 2.52. The molecule has 3 N–H and O–H groups in total. The van der Waals surface area contributed by atoms with Gasteiger partial charge in [0.15, 0.2) is 0 Å². The van der Waals surface area contributed by atoms with Crippen molar-refractivity contribution in [2.24, 2.45) is 5.73 Å². The van der Waals surface area contributed by atoms with Gasteiger partial charge in [0.05, 0.1) is 31.0 Å². The summed E-state index contributed by atoms with van der Waals surface area (Å²) in [5.41, 5.74) is 7.77. The van der Waals surface area contributed by atoms with E-state index in [2.05, 4.69) is 5.32 Å². The van der Waals surface area contributed by atoms with Crippen LogP contribution in [0.3, 0.4) is 0 Å². The highest BCUT2D eigenvalue weighted by atomic mass is 35.5. The number of methoxy groups -OCH3 is 2. The first kappa shape index (κ1) is 15.5. The van der Waals surface area contributed by atoms with E-state index >= 15 is 0 Å². The van der Waals surface area contributed by atoms with Gasteiger partial charge in [0.2, 0.25) is 0 Å².